The second-order valence-corrected chi connectivity index (χ2v) is 4.10. The first kappa shape index (κ1) is 10.1. The van der Waals surface area contributed by atoms with Gasteiger partial charge in [0.05, 0.1) is 0 Å². The average molecular weight is 216 g/mol. The molecule has 0 saturated carbocycles. The lowest BCUT2D eigenvalue weighted by Crippen LogP contribution is -1.84. The first-order valence-corrected chi connectivity index (χ1v) is 5.73. The number of H-pyrrole nitrogens is 1. The van der Waals surface area contributed by atoms with Crippen molar-refractivity contribution in [3.63, 3.8) is 0 Å². The molecular weight excluding hydrogens is 204 g/mol. The number of hydrogen-bond acceptors (Lipinski definition) is 2. The molecule has 15 heavy (non-hydrogen) atoms. The van der Waals surface area contributed by atoms with E-state index in [0.29, 0.717) is 0 Å². The molecule has 0 fully saturated rings. The van der Waals surface area contributed by atoms with Gasteiger partial charge in [-0.3, -0.25) is 0 Å². The number of imidazole rings is 1. The maximum atomic E-state index is 4.26. The summed E-state index contributed by atoms with van der Waals surface area (Å²) in [7, 11) is 0. The Morgan fingerprint density at radius 2 is 2.27 bits per heavy atom. The standard InChI is InChI=1S/C12H12N2S/c1-2-9-15-11-6-4-3-5-10(11)12-13-7-8-14-12/h2-8H,1,9H2,(H,13,14). The van der Waals surface area contributed by atoms with Crippen molar-refractivity contribution < 1.29 is 0 Å². The van der Waals surface area contributed by atoms with Gasteiger partial charge in [0.25, 0.3) is 0 Å². The summed E-state index contributed by atoms with van der Waals surface area (Å²) >= 11 is 1.77. The zero-order chi connectivity index (χ0) is 10.5. The van der Waals surface area contributed by atoms with Crippen molar-refractivity contribution in [2.24, 2.45) is 0 Å². The predicted molar refractivity (Wildman–Crippen MR) is 64.9 cm³/mol. The summed E-state index contributed by atoms with van der Waals surface area (Å²) in [5, 5.41) is 0. The highest BCUT2D eigenvalue weighted by atomic mass is 32.2. The zero-order valence-corrected chi connectivity index (χ0v) is 9.13. The number of nitrogens with zero attached hydrogens (tertiary/aromatic N) is 1. The minimum absolute atomic E-state index is 0.914. The van der Waals surface area contributed by atoms with Crippen LogP contribution in [0.15, 0.2) is 54.2 Å². The number of aromatic nitrogens is 2. The lowest BCUT2D eigenvalue weighted by atomic mass is 10.2. The number of aromatic amines is 1. The topological polar surface area (TPSA) is 28.7 Å². The molecule has 2 rings (SSSR count). The largest absolute Gasteiger partial charge is 0.345 e. The Balaban J connectivity index is 2.34. The van der Waals surface area contributed by atoms with Crippen LogP contribution in [0.3, 0.4) is 0 Å². The van der Waals surface area contributed by atoms with Gasteiger partial charge in [-0.25, -0.2) is 4.98 Å². The minimum Gasteiger partial charge on any atom is -0.345 e. The third kappa shape index (κ3) is 2.30. The third-order valence-electron chi connectivity index (χ3n) is 2.00. The summed E-state index contributed by atoms with van der Waals surface area (Å²) in [5.41, 5.74) is 1.15. The van der Waals surface area contributed by atoms with Gasteiger partial charge < -0.3 is 4.98 Å². The van der Waals surface area contributed by atoms with Gasteiger partial charge in [-0.15, -0.1) is 18.3 Å². The van der Waals surface area contributed by atoms with E-state index in [2.05, 4.69) is 28.7 Å². The minimum atomic E-state index is 0.914. The maximum absolute atomic E-state index is 4.26. The van der Waals surface area contributed by atoms with Crippen LogP contribution >= 0.6 is 11.8 Å². The van der Waals surface area contributed by atoms with Crippen LogP contribution < -0.4 is 0 Å². The Morgan fingerprint density at radius 1 is 1.40 bits per heavy atom. The molecule has 0 aliphatic rings. The van der Waals surface area contributed by atoms with E-state index >= 15 is 0 Å². The predicted octanol–water partition coefficient (Wildman–Crippen LogP) is 3.35. The van der Waals surface area contributed by atoms with Crippen molar-refractivity contribution in [2.75, 3.05) is 5.75 Å². The lowest BCUT2D eigenvalue weighted by molar-refractivity contribution is 1.27. The summed E-state index contributed by atoms with van der Waals surface area (Å²) in [5.74, 6) is 1.83. The Bertz CT molecular complexity index is 435. The smallest absolute Gasteiger partial charge is 0.138 e. The molecule has 3 heteroatoms. The third-order valence-corrected chi connectivity index (χ3v) is 3.07. The molecular formula is C12H12N2S. The molecule has 0 unspecified atom stereocenters. The summed E-state index contributed by atoms with van der Waals surface area (Å²) in [6.45, 7) is 3.72. The summed E-state index contributed by atoms with van der Waals surface area (Å²) in [6, 6.07) is 8.24. The van der Waals surface area contributed by atoms with Gasteiger partial charge in [-0.05, 0) is 6.07 Å². The van der Waals surface area contributed by atoms with Gasteiger partial charge >= 0.3 is 0 Å². The number of hydrogen-bond donors (Lipinski definition) is 1. The molecule has 1 aromatic heterocycles. The summed E-state index contributed by atoms with van der Waals surface area (Å²) in [6.07, 6.45) is 5.51. The van der Waals surface area contributed by atoms with Crippen LogP contribution in [0.1, 0.15) is 0 Å². The van der Waals surface area contributed by atoms with Crippen LogP contribution in [0.5, 0.6) is 0 Å². The van der Waals surface area contributed by atoms with Crippen LogP contribution in [-0.4, -0.2) is 15.7 Å². The van der Waals surface area contributed by atoms with E-state index < -0.39 is 0 Å². The van der Waals surface area contributed by atoms with Crippen LogP contribution in [-0.2, 0) is 0 Å². The molecule has 0 amide bonds. The first-order valence-electron chi connectivity index (χ1n) is 4.74. The lowest BCUT2D eigenvalue weighted by Gasteiger charge is -2.04. The molecule has 2 aromatic rings. The zero-order valence-electron chi connectivity index (χ0n) is 8.31. The molecule has 1 aromatic carbocycles. The normalized spacial score (nSPS) is 10.1. The number of nitrogens with one attached hydrogen (secondary N) is 1. The number of rotatable bonds is 4. The van der Waals surface area contributed by atoms with E-state index in [-0.39, 0.29) is 0 Å². The second kappa shape index (κ2) is 4.84. The second-order valence-electron chi connectivity index (χ2n) is 3.03. The van der Waals surface area contributed by atoms with E-state index in [1.54, 1.807) is 18.0 Å². The Hall–Kier alpha value is -1.48. The maximum Gasteiger partial charge on any atom is 0.138 e. The fraction of sp³-hybridized carbons (Fsp3) is 0.0833. The number of benzene rings is 1. The van der Waals surface area contributed by atoms with E-state index in [0.717, 1.165) is 17.1 Å². The highest BCUT2D eigenvalue weighted by Gasteiger charge is 2.05. The molecule has 0 radical (unpaired) electrons. The molecule has 0 bridgehead atoms. The van der Waals surface area contributed by atoms with Gasteiger partial charge in [0, 0.05) is 28.6 Å². The van der Waals surface area contributed by atoms with Crippen LogP contribution in [0.2, 0.25) is 0 Å². The molecule has 0 aliphatic carbocycles. The first-order chi connectivity index (χ1) is 7.42. The van der Waals surface area contributed by atoms with Gasteiger partial charge in [-0.1, -0.05) is 24.3 Å². The molecule has 0 saturated heterocycles. The molecule has 76 valence electrons. The average Bonchev–Trinajstić information content (AvgIpc) is 2.80. The summed E-state index contributed by atoms with van der Waals surface area (Å²) in [4.78, 5) is 8.61. The SMILES string of the molecule is C=CCSc1ccccc1-c1ncc[nH]1. The van der Waals surface area contributed by atoms with E-state index in [1.165, 1.54) is 4.90 Å². The van der Waals surface area contributed by atoms with Crippen molar-refractivity contribution in [3.05, 3.63) is 49.3 Å². The fourth-order valence-electron chi connectivity index (χ4n) is 1.35. The Morgan fingerprint density at radius 3 is 3.00 bits per heavy atom. The van der Waals surface area contributed by atoms with Gasteiger partial charge in [0.15, 0.2) is 0 Å². The Kier molecular flexibility index (Phi) is 3.25. The van der Waals surface area contributed by atoms with Crippen LogP contribution in [0, 0.1) is 0 Å². The van der Waals surface area contributed by atoms with Gasteiger partial charge in [0.2, 0.25) is 0 Å². The molecule has 1 heterocycles. The van der Waals surface area contributed by atoms with Crippen LogP contribution in [0.25, 0.3) is 11.4 Å². The van der Waals surface area contributed by atoms with Crippen LogP contribution in [0.4, 0.5) is 0 Å². The molecule has 0 aliphatic heterocycles. The van der Waals surface area contributed by atoms with E-state index in [9.17, 15) is 0 Å². The van der Waals surface area contributed by atoms with Crippen molar-refractivity contribution in [2.45, 2.75) is 4.90 Å². The fourth-order valence-corrected chi connectivity index (χ4v) is 2.14. The highest BCUT2D eigenvalue weighted by molar-refractivity contribution is 7.99. The quantitative estimate of drug-likeness (QED) is 0.627. The van der Waals surface area contributed by atoms with E-state index in [1.807, 2.05) is 24.4 Å². The highest BCUT2D eigenvalue weighted by Crippen LogP contribution is 2.28. The van der Waals surface area contributed by atoms with E-state index in [4.69, 9.17) is 0 Å². The summed E-state index contributed by atoms with van der Waals surface area (Å²) < 4.78 is 0. The monoisotopic (exact) mass is 216 g/mol. The van der Waals surface area contributed by atoms with Gasteiger partial charge in [0.1, 0.15) is 5.82 Å². The molecule has 1 N–H and O–H groups in total. The molecule has 2 nitrogen and oxygen atoms in total. The van der Waals surface area contributed by atoms with Gasteiger partial charge in [-0.2, -0.15) is 0 Å². The van der Waals surface area contributed by atoms with Crippen molar-refractivity contribution in [1.82, 2.24) is 9.97 Å². The van der Waals surface area contributed by atoms with Crippen molar-refractivity contribution in [3.8, 4) is 11.4 Å². The van der Waals surface area contributed by atoms with Crippen molar-refractivity contribution in [1.29, 1.82) is 0 Å². The number of thioether (sulfide) groups is 1. The Labute approximate surface area is 93.4 Å². The van der Waals surface area contributed by atoms with Crippen molar-refractivity contribution >= 4 is 11.8 Å². The molecule has 0 spiro atoms. The molecule has 0 atom stereocenters.